The highest BCUT2D eigenvalue weighted by atomic mass is 16.2. The zero-order valence-electron chi connectivity index (χ0n) is 18.0. The Morgan fingerprint density at radius 1 is 1.10 bits per heavy atom. The Morgan fingerprint density at radius 2 is 1.90 bits per heavy atom. The van der Waals surface area contributed by atoms with E-state index in [0.29, 0.717) is 31.0 Å². The number of nitrogens with zero attached hydrogens (tertiary/aromatic N) is 3. The Balaban J connectivity index is 1.40. The molecule has 1 aliphatic heterocycles. The Kier molecular flexibility index (Phi) is 6.16. The summed E-state index contributed by atoms with van der Waals surface area (Å²) in [5, 5.41) is 2.99. The van der Waals surface area contributed by atoms with Crippen LogP contribution in [0.25, 0.3) is 0 Å². The van der Waals surface area contributed by atoms with E-state index >= 15 is 0 Å². The van der Waals surface area contributed by atoms with Crippen LogP contribution in [0.1, 0.15) is 59.9 Å². The predicted octanol–water partition coefficient (Wildman–Crippen LogP) is 4.43. The van der Waals surface area contributed by atoms with E-state index in [1.165, 1.54) is 0 Å². The maximum atomic E-state index is 12.7. The standard InChI is InChI=1S/C25H28N4O2/c1-18(2)24-26-12-14-29(24)17-20-5-3-6-22(15-20)27-25(31)21-10-8-19(9-11-21)16-28-13-4-7-23(28)30/h3,5-6,8-12,14-15,18H,4,7,13,16-17H2,1-2H3,(H,27,31). The number of carbonyl (C=O) groups is 2. The summed E-state index contributed by atoms with van der Waals surface area (Å²) in [6, 6.07) is 15.4. The number of hydrogen-bond donors (Lipinski definition) is 1. The predicted molar refractivity (Wildman–Crippen MR) is 121 cm³/mol. The van der Waals surface area contributed by atoms with E-state index in [9.17, 15) is 9.59 Å². The average molecular weight is 417 g/mol. The van der Waals surface area contributed by atoms with E-state index in [1.54, 1.807) is 0 Å². The van der Waals surface area contributed by atoms with Crippen molar-refractivity contribution in [2.45, 2.75) is 45.7 Å². The van der Waals surface area contributed by atoms with Crippen LogP contribution in [0.5, 0.6) is 0 Å². The van der Waals surface area contributed by atoms with Gasteiger partial charge in [0.05, 0.1) is 0 Å². The molecule has 0 unspecified atom stereocenters. The van der Waals surface area contributed by atoms with Crippen molar-refractivity contribution >= 4 is 17.5 Å². The molecule has 31 heavy (non-hydrogen) atoms. The number of aromatic nitrogens is 2. The molecule has 3 aromatic rings. The van der Waals surface area contributed by atoms with Crippen molar-refractivity contribution in [1.29, 1.82) is 0 Å². The smallest absolute Gasteiger partial charge is 0.255 e. The molecule has 1 aromatic heterocycles. The molecular formula is C25H28N4O2. The fourth-order valence-electron chi connectivity index (χ4n) is 3.96. The van der Waals surface area contributed by atoms with Crippen LogP contribution in [-0.2, 0) is 17.9 Å². The third-order valence-corrected chi connectivity index (χ3v) is 5.56. The van der Waals surface area contributed by atoms with E-state index in [0.717, 1.165) is 35.6 Å². The first-order valence-corrected chi connectivity index (χ1v) is 10.8. The Bertz CT molecular complexity index is 1070. The number of rotatable bonds is 7. The van der Waals surface area contributed by atoms with Crippen LogP contribution in [0.2, 0.25) is 0 Å². The largest absolute Gasteiger partial charge is 0.338 e. The van der Waals surface area contributed by atoms with Gasteiger partial charge in [0.1, 0.15) is 5.82 Å². The molecule has 2 heterocycles. The van der Waals surface area contributed by atoms with E-state index in [4.69, 9.17) is 0 Å². The SMILES string of the molecule is CC(C)c1nccn1Cc1cccc(NC(=O)c2ccc(CN3CCCC3=O)cc2)c1. The number of imidazole rings is 1. The first-order valence-electron chi connectivity index (χ1n) is 10.8. The molecule has 1 aliphatic rings. The molecular weight excluding hydrogens is 388 g/mol. The van der Waals surface area contributed by atoms with Crippen LogP contribution in [0.3, 0.4) is 0 Å². The van der Waals surface area contributed by atoms with Gasteiger partial charge in [0.15, 0.2) is 0 Å². The van der Waals surface area contributed by atoms with Gasteiger partial charge in [-0.15, -0.1) is 0 Å². The topological polar surface area (TPSA) is 67.2 Å². The molecule has 1 fully saturated rings. The Hall–Kier alpha value is -3.41. The molecule has 2 aromatic carbocycles. The monoisotopic (exact) mass is 416 g/mol. The highest BCUT2D eigenvalue weighted by Gasteiger charge is 2.20. The van der Waals surface area contributed by atoms with E-state index in [2.05, 4.69) is 28.7 Å². The van der Waals surface area contributed by atoms with E-state index in [1.807, 2.05) is 65.8 Å². The molecule has 0 aliphatic carbocycles. The minimum absolute atomic E-state index is 0.147. The van der Waals surface area contributed by atoms with Gasteiger partial charge >= 0.3 is 0 Å². The van der Waals surface area contributed by atoms with Crippen LogP contribution in [0.15, 0.2) is 60.9 Å². The van der Waals surface area contributed by atoms with Gasteiger partial charge in [0.25, 0.3) is 5.91 Å². The quantitative estimate of drug-likeness (QED) is 0.620. The summed E-state index contributed by atoms with van der Waals surface area (Å²) < 4.78 is 2.13. The van der Waals surface area contributed by atoms with Crippen molar-refractivity contribution in [3.8, 4) is 0 Å². The number of amides is 2. The number of anilines is 1. The lowest BCUT2D eigenvalue weighted by molar-refractivity contribution is -0.128. The highest BCUT2D eigenvalue weighted by Crippen LogP contribution is 2.18. The van der Waals surface area contributed by atoms with Crippen LogP contribution >= 0.6 is 0 Å². The fourth-order valence-corrected chi connectivity index (χ4v) is 3.96. The third-order valence-electron chi connectivity index (χ3n) is 5.56. The summed E-state index contributed by atoms with van der Waals surface area (Å²) in [6.45, 7) is 6.39. The number of benzene rings is 2. The molecule has 6 heteroatoms. The second-order valence-corrected chi connectivity index (χ2v) is 8.34. The van der Waals surface area contributed by atoms with Gasteiger partial charge in [-0.25, -0.2) is 4.98 Å². The molecule has 0 saturated carbocycles. The highest BCUT2D eigenvalue weighted by molar-refractivity contribution is 6.04. The Labute approximate surface area is 182 Å². The number of carbonyl (C=O) groups excluding carboxylic acids is 2. The van der Waals surface area contributed by atoms with Crippen LogP contribution in [-0.4, -0.2) is 32.8 Å². The zero-order valence-corrected chi connectivity index (χ0v) is 18.0. The summed E-state index contributed by atoms with van der Waals surface area (Å²) >= 11 is 0. The van der Waals surface area contributed by atoms with Gasteiger partial charge < -0.3 is 14.8 Å². The lowest BCUT2D eigenvalue weighted by atomic mass is 10.1. The second-order valence-electron chi connectivity index (χ2n) is 8.34. The van der Waals surface area contributed by atoms with Gasteiger partial charge in [-0.1, -0.05) is 38.1 Å². The fraction of sp³-hybridized carbons (Fsp3) is 0.320. The normalized spacial score (nSPS) is 13.8. The van der Waals surface area contributed by atoms with Gasteiger partial charge in [-0.2, -0.15) is 0 Å². The van der Waals surface area contributed by atoms with Crippen LogP contribution in [0.4, 0.5) is 5.69 Å². The molecule has 0 spiro atoms. The summed E-state index contributed by atoms with van der Waals surface area (Å²) in [5.41, 5.74) is 3.50. The molecule has 1 saturated heterocycles. The maximum Gasteiger partial charge on any atom is 0.255 e. The van der Waals surface area contributed by atoms with Crippen molar-refractivity contribution < 1.29 is 9.59 Å². The molecule has 2 amide bonds. The number of nitrogens with one attached hydrogen (secondary N) is 1. The summed E-state index contributed by atoms with van der Waals surface area (Å²) in [6.07, 6.45) is 5.37. The van der Waals surface area contributed by atoms with Crippen molar-refractivity contribution in [2.75, 3.05) is 11.9 Å². The first kappa shape index (κ1) is 20.8. The zero-order chi connectivity index (χ0) is 21.8. The molecule has 1 N–H and O–H groups in total. The molecule has 0 radical (unpaired) electrons. The lowest BCUT2D eigenvalue weighted by Crippen LogP contribution is -2.23. The van der Waals surface area contributed by atoms with Gasteiger partial charge in [-0.3, -0.25) is 9.59 Å². The Morgan fingerprint density at radius 3 is 2.61 bits per heavy atom. The van der Waals surface area contributed by atoms with Crippen LogP contribution in [0, 0.1) is 0 Å². The maximum absolute atomic E-state index is 12.7. The van der Waals surface area contributed by atoms with Gasteiger partial charge in [0, 0.05) is 55.6 Å². The lowest BCUT2D eigenvalue weighted by Gasteiger charge is -2.15. The van der Waals surface area contributed by atoms with Gasteiger partial charge in [-0.05, 0) is 41.8 Å². The summed E-state index contributed by atoms with van der Waals surface area (Å²) in [7, 11) is 0. The second kappa shape index (κ2) is 9.16. The molecule has 4 rings (SSSR count). The van der Waals surface area contributed by atoms with E-state index in [-0.39, 0.29) is 11.8 Å². The van der Waals surface area contributed by atoms with Crippen molar-refractivity contribution in [1.82, 2.24) is 14.5 Å². The number of hydrogen-bond acceptors (Lipinski definition) is 3. The van der Waals surface area contributed by atoms with E-state index < -0.39 is 0 Å². The minimum atomic E-state index is -0.147. The molecule has 0 bridgehead atoms. The summed E-state index contributed by atoms with van der Waals surface area (Å²) in [4.78, 5) is 30.8. The average Bonchev–Trinajstić information content (AvgIpc) is 3.38. The molecule has 0 atom stereocenters. The van der Waals surface area contributed by atoms with Crippen molar-refractivity contribution in [3.63, 3.8) is 0 Å². The summed E-state index contributed by atoms with van der Waals surface area (Å²) in [5.74, 6) is 1.46. The molecule has 160 valence electrons. The first-order chi connectivity index (χ1) is 15.0. The van der Waals surface area contributed by atoms with Crippen molar-refractivity contribution in [2.24, 2.45) is 0 Å². The number of likely N-dealkylation sites (tertiary alicyclic amines) is 1. The minimum Gasteiger partial charge on any atom is -0.338 e. The van der Waals surface area contributed by atoms with Crippen molar-refractivity contribution in [3.05, 3.63) is 83.4 Å². The molecule has 6 nitrogen and oxygen atoms in total. The third kappa shape index (κ3) is 5.02. The van der Waals surface area contributed by atoms with Crippen LogP contribution < -0.4 is 5.32 Å². The van der Waals surface area contributed by atoms with Gasteiger partial charge in [0.2, 0.25) is 5.91 Å².